The van der Waals surface area contributed by atoms with Crippen molar-refractivity contribution >= 4 is 23.4 Å². The molecule has 0 bridgehead atoms. The summed E-state index contributed by atoms with van der Waals surface area (Å²) in [6, 6.07) is 12.1. The molecule has 0 aliphatic carbocycles. The number of ether oxygens (including phenoxy) is 4. The van der Waals surface area contributed by atoms with Crippen molar-refractivity contribution in [3.63, 3.8) is 0 Å². The first-order valence-corrected chi connectivity index (χ1v) is 12.4. The van der Waals surface area contributed by atoms with E-state index >= 15 is 0 Å². The van der Waals surface area contributed by atoms with E-state index in [1.54, 1.807) is 50.8 Å². The van der Waals surface area contributed by atoms with Crippen molar-refractivity contribution in [1.29, 1.82) is 0 Å². The normalized spacial score (nSPS) is 15.2. The van der Waals surface area contributed by atoms with Crippen LogP contribution in [0, 0.1) is 0 Å². The van der Waals surface area contributed by atoms with Crippen LogP contribution in [0.2, 0.25) is 0 Å². The van der Waals surface area contributed by atoms with Gasteiger partial charge in [0, 0.05) is 0 Å². The highest BCUT2D eigenvalue weighted by Gasteiger charge is 2.33. The van der Waals surface area contributed by atoms with Crippen molar-refractivity contribution in [2.45, 2.75) is 26.8 Å². The first kappa shape index (κ1) is 25.2. The van der Waals surface area contributed by atoms with Crippen LogP contribution in [0.1, 0.15) is 37.9 Å². The number of carbonyl (C=O) groups is 1. The summed E-state index contributed by atoms with van der Waals surface area (Å²) in [5.74, 6) is 1.38. The maximum absolute atomic E-state index is 13.7. The average molecular weight is 509 g/mol. The van der Waals surface area contributed by atoms with Crippen LogP contribution in [-0.2, 0) is 9.53 Å². The van der Waals surface area contributed by atoms with E-state index in [0.717, 1.165) is 11.1 Å². The van der Waals surface area contributed by atoms with Crippen molar-refractivity contribution in [3.05, 3.63) is 84.5 Å². The fraction of sp³-hybridized carbons (Fsp3) is 0.296. The van der Waals surface area contributed by atoms with Crippen LogP contribution >= 0.6 is 11.3 Å². The van der Waals surface area contributed by atoms with Crippen molar-refractivity contribution in [2.75, 3.05) is 27.4 Å². The minimum atomic E-state index is -0.677. The number of benzene rings is 2. The second-order valence-corrected chi connectivity index (χ2v) is 8.93. The molecule has 9 heteroatoms. The zero-order valence-corrected chi connectivity index (χ0v) is 21.7. The highest BCUT2D eigenvalue weighted by atomic mass is 32.1. The maximum Gasteiger partial charge on any atom is 0.338 e. The molecule has 1 aliphatic rings. The van der Waals surface area contributed by atoms with Crippen molar-refractivity contribution in [2.24, 2.45) is 4.99 Å². The topological polar surface area (TPSA) is 88.4 Å². The fourth-order valence-electron chi connectivity index (χ4n) is 4.11. The number of aromatic nitrogens is 1. The van der Waals surface area contributed by atoms with Crippen LogP contribution in [0.4, 0.5) is 0 Å². The molecule has 188 valence electrons. The lowest BCUT2D eigenvalue weighted by atomic mass is 9.96. The average Bonchev–Trinajstić information content (AvgIpc) is 3.18. The van der Waals surface area contributed by atoms with Gasteiger partial charge in [0.05, 0.1) is 49.3 Å². The van der Waals surface area contributed by atoms with Gasteiger partial charge >= 0.3 is 5.97 Å². The number of thiazole rings is 1. The molecule has 8 nitrogen and oxygen atoms in total. The second kappa shape index (κ2) is 10.8. The van der Waals surface area contributed by atoms with Gasteiger partial charge in [-0.3, -0.25) is 9.36 Å². The molecule has 0 N–H and O–H groups in total. The van der Waals surface area contributed by atoms with E-state index in [-0.39, 0.29) is 12.2 Å². The van der Waals surface area contributed by atoms with Crippen LogP contribution in [-0.4, -0.2) is 38.0 Å². The molecule has 4 rings (SSSR count). The lowest BCUT2D eigenvalue weighted by Gasteiger charge is -2.24. The van der Waals surface area contributed by atoms with E-state index in [4.69, 9.17) is 18.9 Å². The Morgan fingerprint density at radius 1 is 1.06 bits per heavy atom. The number of hydrogen-bond donors (Lipinski definition) is 0. The van der Waals surface area contributed by atoms with Gasteiger partial charge in [-0.15, -0.1) is 0 Å². The third kappa shape index (κ3) is 4.79. The minimum Gasteiger partial charge on any atom is -0.494 e. The number of allylic oxidation sites excluding steroid dienone is 1. The second-order valence-electron chi connectivity index (χ2n) is 7.92. The van der Waals surface area contributed by atoms with Crippen molar-refractivity contribution in [3.8, 4) is 17.2 Å². The summed E-state index contributed by atoms with van der Waals surface area (Å²) in [6.07, 6.45) is 1.78. The van der Waals surface area contributed by atoms with E-state index in [1.807, 2.05) is 37.3 Å². The largest absolute Gasteiger partial charge is 0.494 e. The smallest absolute Gasteiger partial charge is 0.338 e. The van der Waals surface area contributed by atoms with Crippen molar-refractivity contribution in [1.82, 2.24) is 4.57 Å². The Balaban J connectivity index is 1.89. The summed E-state index contributed by atoms with van der Waals surface area (Å²) in [5, 5.41) is 0. The zero-order valence-electron chi connectivity index (χ0n) is 20.9. The number of hydrogen-bond acceptors (Lipinski definition) is 8. The molecule has 0 radical (unpaired) electrons. The summed E-state index contributed by atoms with van der Waals surface area (Å²) in [5.41, 5.74) is 2.14. The summed E-state index contributed by atoms with van der Waals surface area (Å²) >= 11 is 1.27. The molecule has 0 unspecified atom stereocenters. The molecule has 0 fully saturated rings. The molecule has 36 heavy (non-hydrogen) atoms. The van der Waals surface area contributed by atoms with Crippen LogP contribution in [0.5, 0.6) is 17.2 Å². The van der Waals surface area contributed by atoms with Gasteiger partial charge in [0.15, 0.2) is 16.3 Å². The Bertz CT molecular complexity index is 1480. The Hall–Kier alpha value is -3.85. The SMILES string of the molecule is CCOC(=O)C1=C(C)N=c2s/c(=C\c3ccc(OC)c(OC)c3)c(=O)n2[C@@H]1c1ccc(OCC)cc1. The lowest BCUT2D eigenvalue weighted by Crippen LogP contribution is -2.39. The van der Waals surface area contributed by atoms with Gasteiger partial charge in [0.1, 0.15) is 5.75 Å². The molecular weight excluding hydrogens is 480 g/mol. The van der Waals surface area contributed by atoms with E-state index < -0.39 is 12.0 Å². The van der Waals surface area contributed by atoms with Gasteiger partial charge in [0.25, 0.3) is 5.56 Å². The first-order chi connectivity index (χ1) is 17.4. The van der Waals surface area contributed by atoms with E-state index in [1.165, 1.54) is 11.3 Å². The number of esters is 1. The summed E-state index contributed by atoms with van der Waals surface area (Å²) in [7, 11) is 3.13. The van der Waals surface area contributed by atoms with Gasteiger partial charge < -0.3 is 18.9 Å². The van der Waals surface area contributed by atoms with Crippen LogP contribution in [0.15, 0.2) is 63.5 Å². The molecule has 0 amide bonds. The van der Waals surface area contributed by atoms with Crippen LogP contribution in [0.25, 0.3) is 6.08 Å². The standard InChI is InChI=1S/C27H28N2O6S/c1-6-34-19-11-9-18(10-12-19)24-23(26(31)35-7-2)16(3)28-27-29(24)25(30)22(36-27)15-17-8-13-20(32-4)21(14-17)33-5/h8-15,24H,6-7H2,1-5H3/b22-15-/t24-/m1/s1. The molecule has 1 aliphatic heterocycles. The molecular formula is C27H28N2O6S. The highest BCUT2D eigenvalue weighted by molar-refractivity contribution is 7.07. The number of methoxy groups -OCH3 is 2. The molecule has 2 aromatic carbocycles. The fourth-order valence-corrected chi connectivity index (χ4v) is 5.16. The molecule has 0 saturated carbocycles. The summed E-state index contributed by atoms with van der Waals surface area (Å²) in [4.78, 5) is 31.8. The third-order valence-electron chi connectivity index (χ3n) is 5.73. The predicted octanol–water partition coefficient (Wildman–Crippen LogP) is 3.21. The first-order valence-electron chi connectivity index (χ1n) is 11.6. The molecule has 0 spiro atoms. The number of fused-ring (bicyclic) bond motifs is 1. The summed E-state index contributed by atoms with van der Waals surface area (Å²) < 4.78 is 23.7. The molecule has 2 heterocycles. The van der Waals surface area contributed by atoms with E-state index in [9.17, 15) is 9.59 Å². The Labute approximate surface area is 212 Å². The van der Waals surface area contributed by atoms with Crippen LogP contribution < -0.4 is 29.1 Å². The zero-order chi connectivity index (χ0) is 25.8. The lowest BCUT2D eigenvalue weighted by molar-refractivity contribution is -0.139. The Kier molecular flexibility index (Phi) is 7.59. The predicted molar refractivity (Wildman–Crippen MR) is 138 cm³/mol. The van der Waals surface area contributed by atoms with Gasteiger partial charge in [-0.2, -0.15) is 0 Å². The van der Waals surface area contributed by atoms with Crippen molar-refractivity contribution < 1.29 is 23.7 Å². The van der Waals surface area contributed by atoms with E-state index in [2.05, 4.69) is 4.99 Å². The molecule has 3 aromatic rings. The third-order valence-corrected chi connectivity index (χ3v) is 6.71. The molecule has 0 saturated heterocycles. The maximum atomic E-state index is 13.7. The van der Waals surface area contributed by atoms with E-state index in [0.29, 0.717) is 44.5 Å². The number of carbonyl (C=O) groups excluding carboxylic acids is 1. The highest BCUT2D eigenvalue weighted by Crippen LogP contribution is 2.32. The van der Waals surface area contributed by atoms with Gasteiger partial charge in [-0.05, 0) is 62.2 Å². The number of rotatable bonds is 8. The van der Waals surface area contributed by atoms with Gasteiger partial charge in [-0.1, -0.05) is 29.5 Å². The number of nitrogens with zero attached hydrogens (tertiary/aromatic N) is 2. The Morgan fingerprint density at radius 3 is 2.42 bits per heavy atom. The molecule has 1 atom stereocenters. The summed E-state index contributed by atoms with van der Waals surface area (Å²) in [6.45, 7) is 6.18. The monoisotopic (exact) mass is 508 g/mol. The van der Waals surface area contributed by atoms with Crippen LogP contribution in [0.3, 0.4) is 0 Å². The minimum absolute atomic E-state index is 0.218. The Morgan fingerprint density at radius 2 is 1.78 bits per heavy atom. The quantitative estimate of drug-likeness (QED) is 0.434. The van der Waals surface area contributed by atoms with Gasteiger partial charge in [0.2, 0.25) is 0 Å². The van der Waals surface area contributed by atoms with Gasteiger partial charge in [-0.25, -0.2) is 9.79 Å². The molecule has 1 aromatic heterocycles.